The van der Waals surface area contributed by atoms with Crippen LogP contribution in [0.2, 0.25) is 0 Å². The monoisotopic (exact) mass is 374 g/mol. The Morgan fingerprint density at radius 1 is 1.11 bits per heavy atom. The third-order valence-electron chi connectivity index (χ3n) is 0.540. The van der Waals surface area contributed by atoms with Crippen molar-refractivity contribution in [1.82, 2.24) is 0 Å². The van der Waals surface area contributed by atoms with Crippen molar-refractivity contribution < 1.29 is 17.8 Å². The van der Waals surface area contributed by atoms with Crippen LogP contribution in [0.15, 0.2) is 0 Å². The molecule has 0 radical (unpaired) electrons. The van der Waals surface area contributed by atoms with Gasteiger partial charge in [0.1, 0.15) is 0 Å². The van der Waals surface area contributed by atoms with Gasteiger partial charge in [0, 0.05) is 0 Å². The Balaban J connectivity index is 0. The van der Waals surface area contributed by atoms with Crippen LogP contribution in [0.4, 0.5) is 0 Å². The van der Waals surface area contributed by atoms with Crippen LogP contribution >= 0.6 is 13.3 Å². The van der Waals surface area contributed by atoms with Crippen LogP contribution in [0.3, 0.4) is 0 Å². The number of halogens is 1. The molecule has 3 nitrogen and oxygen atoms in total. The molecule has 0 aliphatic heterocycles. The first kappa shape index (κ1) is 12.7. The number of hydrogen-bond acceptors (Lipinski definition) is 0. The molecule has 0 amide bonds. The van der Waals surface area contributed by atoms with E-state index in [1.165, 1.54) is 0 Å². The van der Waals surface area contributed by atoms with E-state index >= 15 is 0 Å². The van der Waals surface area contributed by atoms with Crippen molar-refractivity contribution in [3.8, 4) is 0 Å². The van der Waals surface area contributed by atoms with E-state index in [0.717, 1.165) is 0 Å². The Morgan fingerprint density at radius 2 is 1.44 bits per heavy atom. The Labute approximate surface area is 74.0 Å². The second-order valence-corrected chi connectivity index (χ2v) is 1.17. The van der Waals surface area contributed by atoms with Crippen LogP contribution in [0.1, 0.15) is 0 Å². The largest absolute Gasteiger partial charge is 0.679 e. The molecule has 0 aromatic carbocycles. The zero-order valence-electron chi connectivity index (χ0n) is 4.97. The van der Waals surface area contributed by atoms with Crippen molar-refractivity contribution in [2.75, 3.05) is 26.2 Å². The average Bonchev–Trinajstić information content (AvgIpc) is 1.94. The fourth-order valence-electron chi connectivity index (χ4n) is 0.270. The van der Waals surface area contributed by atoms with E-state index in [9.17, 15) is 0 Å². The summed E-state index contributed by atoms with van der Waals surface area (Å²) >= 11 is 4.86. The maximum atomic E-state index is 6.63. The molecule has 0 spiro atoms. The molecule has 0 aromatic rings. The fourth-order valence-corrected chi connectivity index (χ4v) is 0.270. The Hall–Kier alpha value is 1.05. The average molecular weight is 375 g/mol. The maximum absolute atomic E-state index is 6.63. The third-order valence-corrected chi connectivity index (χ3v) is 0.540. The normalized spacial score (nSPS) is 8.11. The summed E-state index contributed by atoms with van der Waals surface area (Å²) in [6, 6.07) is 0. The van der Waals surface area contributed by atoms with E-state index in [-0.39, 0.29) is 0 Å². The van der Waals surface area contributed by atoms with Crippen molar-refractivity contribution in [2.45, 2.75) is 0 Å². The molecule has 0 bridgehead atoms. The molecule has 0 aliphatic rings. The molecular formula is C4H10BrN3Pt-2. The molecule has 0 heterocycles. The van der Waals surface area contributed by atoms with Gasteiger partial charge < -0.3 is 16.8 Å². The molecule has 0 saturated heterocycles. The van der Waals surface area contributed by atoms with Crippen molar-refractivity contribution in [3.05, 3.63) is 16.8 Å². The van der Waals surface area contributed by atoms with E-state index < -0.39 is 0 Å². The fraction of sp³-hybridized carbons (Fsp3) is 1.00. The van der Waals surface area contributed by atoms with E-state index in [1.54, 1.807) is 0 Å². The van der Waals surface area contributed by atoms with E-state index in [1.807, 2.05) is 17.8 Å². The van der Waals surface area contributed by atoms with Crippen LogP contribution in [-0.2, 0) is 17.8 Å². The summed E-state index contributed by atoms with van der Waals surface area (Å²) in [4.78, 5) is 0. The summed E-state index contributed by atoms with van der Waals surface area (Å²) in [5.74, 6) is 0. The van der Waals surface area contributed by atoms with E-state index in [0.29, 0.717) is 26.2 Å². The van der Waals surface area contributed by atoms with Crippen LogP contribution < -0.4 is 0 Å². The minimum absolute atomic E-state index is 0.361. The molecule has 0 rings (SSSR count). The maximum Gasteiger partial charge on any atom is -0.169 e. The zero-order chi connectivity index (χ0) is 7.54. The topological polar surface area (TPSA) is 61.7 Å². The summed E-state index contributed by atoms with van der Waals surface area (Å²) in [6.07, 6.45) is 0. The smallest absolute Gasteiger partial charge is 0.169 e. The van der Waals surface area contributed by atoms with Crippen LogP contribution in [0, 0.1) is 0 Å². The molecule has 0 aliphatic carbocycles. The van der Waals surface area contributed by atoms with Crippen molar-refractivity contribution >= 4 is 13.3 Å². The van der Waals surface area contributed by atoms with Crippen LogP contribution in [0.5, 0.6) is 0 Å². The summed E-state index contributed by atoms with van der Waals surface area (Å²) < 4.78 is 0. The zero-order valence-corrected chi connectivity index (χ0v) is 8.83. The van der Waals surface area contributed by atoms with Gasteiger partial charge in [-0.3, -0.25) is 0 Å². The predicted octanol–water partition coefficient (Wildman–Crippen LogP) is 2.31. The van der Waals surface area contributed by atoms with Gasteiger partial charge in [0.15, 0.2) is 0 Å². The molecule has 5 heteroatoms. The molecular weight excluding hydrogens is 365 g/mol. The summed E-state index contributed by atoms with van der Waals surface area (Å²) in [6.45, 7) is 1.91. The quantitative estimate of drug-likeness (QED) is 0.678. The van der Waals surface area contributed by atoms with Gasteiger partial charge in [-0.15, -0.1) is 0 Å². The van der Waals surface area contributed by atoms with Gasteiger partial charge in [0.25, 0.3) is 0 Å². The second kappa shape index (κ2) is 16.0. The van der Waals surface area contributed by atoms with Gasteiger partial charge in [0.05, 0.1) is 0 Å². The summed E-state index contributed by atoms with van der Waals surface area (Å²) in [5.41, 5.74) is 13.3. The van der Waals surface area contributed by atoms with E-state index in [4.69, 9.17) is 11.5 Å². The Bertz CT molecular complexity index is 35.0. The third kappa shape index (κ3) is 17.6. The first-order valence-electron chi connectivity index (χ1n) is 2.46. The molecule has 0 atom stereocenters. The summed E-state index contributed by atoms with van der Waals surface area (Å²) in [7, 11) is 0. The Morgan fingerprint density at radius 3 is 1.67 bits per heavy atom. The molecule has 0 unspecified atom stereocenters. The molecule has 9 heavy (non-hydrogen) atoms. The summed E-state index contributed by atoms with van der Waals surface area (Å²) in [5, 5.41) is 3.83. The number of hydrogen-bond donors (Lipinski definition) is 0. The molecule has 0 fully saturated rings. The first-order chi connectivity index (χ1) is 4.41. The van der Waals surface area contributed by atoms with Gasteiger partial charge in [0.2, 0.25) is 0 Å². The standard InChI is InChI=1S/C4H10N3.BrH.Pt/c5-1-3-7-4-2-6;;/h5-6H,1-4H2;1H;/q-3;;+2/p-1. The molecule has 60 valence electrons. The number of nitrogens with one attached hydrogen (secondary N) is 2. The van der Waals surface area contributed by atoms with Crippen LogP contribution in [0.25, 0.3) is 16.8 Å². The van der Waals surface area contributed by atoms with Crippen molar-refractivity contribution in [1.29, 1.82) is 0 Å². The number of nitrogens with zero attached hydrogens (tertiary/aromatic N) is 1. The number of rotatable bonds is 4. The molecule has 0 aromatic heterocycles. The molecule has 0 saturated carbocycles. The van der Waals surface area contributed by atoms with E-state index in [2.05, 4.69) is 18.6 Å². The first-order valence-corrected chi connectivity index (χ1v) is 7.42. The van der Waals surface area contributed by atoms with Gasteiger partial charge in [-0.25, -0.2) is 0 Å². The minimum Gasteiger partial charge on any atom is -0.679 e. The predicted molar refractivity (Wildman–Crippen MR) is 40.4 cm³/mol. The SMILES string of the molecule is [Br][Pt+].[NH-]CC[N-]CC[NH-]. The second-order valence-electron chi connectivity index (χ2n) is 1.17. The van der Waals surface area contributed by atoms with Crippen molar-refractivity contribution in [2.24, 2.45) is 0 Å². The van der Waals surface area contributed by atoms with Gasteiger partial charge in [-0.05, 0) is 0 Å². The Kier molecular flexibility index (Phi) is 22.6. The van der Waals surface area contributed by atoms with Gasteiger partial charge in [-0.2, -0.15) is 26.2 Å². The van der Waals surface area contributed by atoms with Gasteiger partial charge in [-0.1, -0.05) is 0 Å². The van der Waals surface area contributed by atoms with Gasteiger partial charge >= 0.3 is 31.1 Å². The minimum atomic E-state index is 0.361. The van der Waals surface area contributed by atoms with Crippen LogP contribution in [-0.4, -0.2) is 26.2 Å². The van der Waals surface area contributed by atoms with Crippen molar-refractivity contribution in [3.63, 3.8) is 0 Å². The molecule has 2 N–H and O–H groups in total.